The molecule has 114 valence electrons. The van der Waals surface area contributed by atoms with Crippen molar-refractivity contribution in [2.45, 2.75) is 32.7 Å². The molecule has 2 rings (SSSR count). The molecule has 0 aromatic heterocycles. The number of nitrogens with one attached hydrogen (secondary N) is 3. The molecule has 1 atom stereocenters. The number of rotatable bonds is 5. The van der Waals surface area contributed by atoms with E-state index >= 15 is 0 Å². The lowest BCUT2D eigenvalue weighted by Crippen LogP contribution is -2.36. The van der Waals surface area contributed by atoms with Gasteiger partial charge in [-0.05, 0) is 37.4 Å². The maximum Gasteiger partial charge on any atom is 0.253 e. The Morgan fingerprint density at radius 1 is 1.33 bits per heavy atom. The Kier molecular flexibility index (Phi) is 5.33. The highest BCUT2D eigenvalue weighted by Crippen LogP contribution is 2.16. The van der Waals surface area contributed by atoms with Crippen LogP contribution in [0.3, 0.4) is 0 Å². The van der Waals surface area contributed by atoms with E-state index in [1.807, 2.05) is 19.9 Å². The molecule has 1 aliphatic heterocycles. The Bertz CT molecular complexity index is 508. The van der Waals surface area contributed by atoms with Gasteiger partial charge in [-0.15, -0.1) is 0 Å². The third-order valence-corrected chi connectivity index (χ3v) is 3.48. The average Bonchev–Trinajstić information content (AvgIpc) is 2.99. The van der Waals surface area contributed by atoms with Gasteiger partial charge in [0, 0.05) is 6.54 Å². The summed E-state index contributed by atoms with van der Waals surface area (Å²) >= 11 is 0. The number of hydrogen-bond donors (Lipinski definition) is 3. The van der Waals surface area contributed by atoms with Crippen molar-refractivity contribution in [2.24, 2.45) is 5.92 Å². The Morgan fingerprint density at radius 2 is 2.10 bits per heavy atom. The van der Waals surface area contributed by atoms with Crippen LogP contribution in [0, 0.1) is 5.92 Å². The number of carbonyl (C=O) groups is 2. The van der Waals surface area contributed by atoms with E-state index in [1.54, 1.807) is 18.2 Å². The van der Waals surface area contributed by atoms with Crippen LogP contribution in [0.2, 0.25) is 0 Å². The van der Waals surface area contributed by atoms with E-state index in [1.165, 1.54) is 0 Å². The molecular formula is C16H23N3O2. The molecule has 1 unspecified atom stereocenters. The SMILES string of the molecule is CC(C)CNC(=O)c1ccccc1NC(=O)C1CCCN1. The van der Waals surface area contributed by atoms with Gasteiger partial charge in [-0.1, -0.05) is 26.0 Å². The van der Waals surface area contributed by atoms with Crippen LogP contribution in [-0.2, 0) is 4.79 Å². The summed E-state index contributed by atoms with van der Waals surface area (Å²) in [7, 11) is 0. The molecule has 1 saturated heterocycles. The summed E-state index contributed by atoms with van der Waals surface area (Å²) in [5.74, 6) is 0.161. The van der Waals surface area contributed by atoms with Crippen LogP contribution in [0.5, 0.6) is 0 Å². The summed E-state index contributed by atoms with van der Waals surface area (Å²) in [5, 5.41) is 8.89. The van der Waals surface area contributed by atoms with E-state index in [0.717, 1.165) is 19.4 Å². The van der Waals surface area contributed by atoms with E-state index in [9.17, 15) is 9.59 Å². The van der Waals surface area contributed by atoms with Crippen LogP contribution < -0.4 is 16.0 Å². The smallest absolute Gasteiger partial charge is 0.253 e. The average molecular weight is 289 g/mol. The van der Waals surface area contributed by atoms with Crippen LogP contribution in [-0.4, -0.2) is 30.9 Å². The minimum atomic E-state index is -0.156. The predicted molar refractivity (Wildman–Crippen MR) is 83.3 cm³/mol. The fraction of sp³-hybridized carbons (Fsp3) is 0.500. The maximum absolute atomic E-state index is 12.2. The highest BCUT2D eigenvalue weighted by atomic mass is 16.2. The molecule has 0 radical (unpaired) electrons. The summed E-state index contributed by atoms with van der Waals surface area (Å²) in [4.78, 5) is 24.3. The molecular weight excluding hydrogens is 266 g/mol. The zero-order valence-corrected chi connectivity index (χ0v) is 12.6. The van der Waals surface area contributed by atoms with Gasteiger partial charge < -0.3 is 16.0 Å². The van der Waals surface area contributed by atoms with Crippen molar-refractivity contribution >= 4 is 17.5 Å². The summed E-state index contributed by atoms with van der Waals surface area (Å²) in [5.41, 5.74) is 1.07. The van der Waals surface area contributed by atoms with Gasteiger partial charge in [-0.2, -0.15) is 0 Å². The van der Waals surface area contributed by atoms with Crippen LogP contribution in [0.1, 0.15) is 37.0 Å². The summed E-state index contributed by atoms with van der Waals surface area (Å²) in [6, 6.07) is 6.95. The van der Waals surface area contributed by atoms with Crippen LogP contribution in [0.25, 0.3) is 0 Å². The van der Waals surface area contributed by atoms with E-state index in [0.29, 0.717) is 23.7 Å². The van der Waals surface area contributed by atoms with Crippen molar-refractivity contribution in [3.05, 3.63) is 29.8 Å². The first-order valence-electron chi connectivity index (χ1n) is 7.49. The van der Waals surface area contributed by atoms with Crippen LogP contribution in [0.15, 0.2) is 24.3 Å². The molecule has 1 fully saturated rings. The number of benzene rings is 1. The first kappa shape index (κ1) is 15.5. The summed E-state index contributed by atoms with van der Waals surface area (Å²) in [6.45, 7) is 5.57. The van der Waals surface area contributed by atoms with Crippen molar-refractivity contribution in [3.8, 4) is 0 Å². The van der Waals surface area contributed by atoms with Gasteiger partial charge in [-0.25, -0.2) is 0 Å². The molecule has 5 heteroatoms. The van der Waals surface area contributed by atoms with Crippen LogP contribution >= 0.6 is 0 Å². The number of hydrogen-bond acceptors (Lipinski definition) is 3. The van der Waals surface area contributed by atoms with Gasteiger partial charge in [0.05, 0.1) is 17.3 Å². The third-order valence-electron chi connectivity index (χ3n) is 3.48. The number of amides is 2. The zero-order chi connectivity index (χ0) is 15.2. The lowest BCUT2D eigenvalue weighted by atomic mass is 10.1. The van der Waals surface area contributed by atoms with Gasteiger partial charge in [0.15, 0.2) is 0 Å². The maximum atomic E-state index is 12.2. The summed E-state index contributed by atoms with van der Waals surface area (Å²) < 4.78 is 0. The highest BCUT2D eigenvalue weighted by Gasteiger charge is 2.23. The standard InChI is InChI=1S/C16H23N3O2/c1-11(2)10-18-15(20)12-6-3-4-7-13(12)19-16(21)14-8-5-9-17-14/h3-4,6-7,11,14,17H,5,8-10H2,1-2H3,(H,18,20)(H,19,21). The largest absolute Gasteiger partial charge is 0.352 e. The minimum absolute atomic E-state index is 0.0726. The first-order chi connectivity index (χ1) is 10.1. The van der Waals surface area contributed by atoms with Gasteiger partial charge in [0.25, 0.3) is 5.91 Å². The number of anilines is 1. The minimum Gasteiger partial charge on any atom is -0.352 e. The van der Waals surface area contributed by atoms with E-state index in [4.69, 9.17) is 0 Å². The highest BCUT2D eigenvalue weighted by molar-refractivity contribution is 6.04. The second kappa shape index (κ2) is 7.22. The molecule has 3 N–H and O–H groups in total. The normalized spacial score (nSPS) is 17.8. The Morgan fingerprint density at radius 3 is 2.76 bits per heavy atom. The Labute approximate surface area is 125 Å². The van der Waals surface area contributed by atoms with Crippen molar-refractivity contribution in [1.29, 1.82) is 0 Å². The molecule has 0 aliphatic carbocycles. The lowest BCUT2D eigenvalue weighted by molar-refractivity contribution is -0.117. The summed E-state index contributed by atoms with van der Waals surface area (Å²) in [6.07, 6.45) is 1.85. The second-order valence-electron chi connectivity index (χ2n) is 5.79. The molecule has 21 heavy (non-hydrogen) atoms. The molecule has 0 spiro atoms. The molecule has 1 aliphatic rings. The van der Waals surface area contributed by atoms with Crippen molar-refractivity contribution in [2.75, 3.05) is 18.4 Å². The Balaban J connectivity index is 2.05. The first-order valence-corrected chi connectivity index (χ1v) is 7.49. The van der Waals surface area contributed by atoms with Gasteiger partial charge >= 0.3 is 0 Å². The van der Waals surface area contributed by atoms with Gasteiger partial charge in [0.2, 0.25) is 5.91 Å². The van der Waals surface area contributed by atoms with Crippen molar-refractivity contribution < 1.29 is 9.59 Å². The predicted octanol–water partition coefficient (Wildman–Crippen LogP) is 1.76. The van der Waals surface area contributed by atoms with E-state index < -0.39 is 0 Å². The van der Waals surface area contributed by atoms with Gasteiger partial charge in [0.1, 0.15) is 0 Å². The Hall–Kier alpha value is -1.88. The molecule has 0 bridgehead atoms. The topological polar surface area (TPSA) is 70.2 Å². The van der Waals surface area contributed by atoms with E-state index in [-0.39, 0.29) is 17.9 Å². The molecule has 1 heterocycles. The van der Waals surface area contributed by atoms with E-state index in [2.05, 4.69) is 16.0 Å². The quantitative estimate of drug-likeness (QED) is 0.773. The zero-order valence-electron chi connectivity index (χ0n) is 12.6. The molecule has 2 amide bonds. The second-order valence-corrected chi connectivity index (χ2v) is 5.79. The third kappa shape index (κ3) is 4.29. The van der Waals surface area contributed by atoms with Crippen molar-refractivity contribution in [3.63, 3.8) is 0 Å². The molecule has 0 saturated carbocycles. The van der Waals surface area contributed by atoms with Gasteiger partial charge in [-0.3, -0.25) is 9.59 Å². The molecule has 1 aromatic carbocycles. The lowest BCUT2D eigenvalue weighted by Gasteiger charge is -2.15. The van der Waals surface area contributed by atoms with Crippen molar-refractivity contribution in [1.82, 2.24) is 10.6 Å². The molecule has 5 nitrogen and oxygen atoms in total. The molecule has 1 aromatic rings. The fourth-order valence-corrected chi connectivity index (χ4v) is 2.31. The number of carbonyl (C=O) groups excluding carboxylic acids is 2. The monoisotopic (exact) mass is 289 g/mol. The number of para-hydroxylation sites is 1. The fourth-order valence-electron chi connectivity index (χ4n) is 2.31. The van der Waals surface area contributed by atoms with Crippen LogP contribution in [0.4, 0.5) is 5.69 Å².